The molecule has 0 bridgehead atoms. The molecule has 1 nitrogen and oxygen atoms in total. The van der Waals surface area contributed by atoms with E-state index in [0.717, 1.165) is 12.2 Å². The minimum absolute atomic E-state index is 1.02. The fourth-order valence-electron chi connectivity index (χ4n) is 0.523. The maximum atomic E-state index is 3.85. The maximum Gasteiger partial charge on any atom is 0.0287 e. The van der Waals surface area contributed by atoms with Crippen molar-refractivity contribution in [2.75, 3.05) is 13.6 Å². The third-order valence-electron chi connectivity index (χ3n) is 1.32. The first-order chi connectivity index (χ1) is 4.22. The van der Waals surface area contributed by atoms with Gasteiger partial charge >= 0.3 is 0 Å². The first kappa shape index (κ1) is 8.28. The van der Waals surface area contributed by atoms with Crippen molar-refractivity contribution < 1.29 is 0 Å². The van der Waals surface area contributed by atoms with Gasteiger partial charge < -0.3 is 4.90 Å². The van der Waals surface area contributed by atoms with Crippen LogP contribution in [0.2, 0.25) is 0 Å². The van der Waals surface area contributed by atoms with E-state index in [1.54, 1.807) is 0 Å². The van der Waals surface area contributed by atoms with E-state index in [1.807, 2.05) is 26.1 Å². The van der Waals surface area contributed by atoms with Gasteiger partial charge in [0.2, 0.25) is 0 Å². The predicted molar refractivity (Wildman–Crippen MR) is 42.3 cm³/mol. The quantitative estimate of drug-likeness (QED) is 0.522. The normalized spacial score (nSPS) is 10.1. The lowest BCUT2D eigenvalue weighted by Crippen LogP contribution is -2.14. The van der Waals surface area contributed by atoms with Crippen LogP contribution in [0.4, 0.5) is 0 Å². The number of likely N-dealkylation sites (N-methyl/N-ethyl adjacent to an activating group) is 1. The fraction of sp³-hybridized carbons (Fsp3) is 0.500. The highest BCUT2D eigenvalue weighted by atomic mass is 15.1. The van der Waals surface area contributed by atoms with Crippen molar-refractivity contribution in [1.29, 1.82) is 0 Å². The molecule has 0 aliphatic heterocycles. The van der Waals surface area contributed by atoms with Crippen LogP contribution in [0.5, 0.6) is 0 Å². The summed E-state index contributed by atoms with van der Waals surface area (Å²) in [6.45, 7) is 8.97. The molecule has 0 spiro atoms. The highest BCUT2D eigenvalue weighted by Gasteiger charge is 1.90. The van der Waals surface area contributed by atoms with E-state index in [2.05, 4.69) is 18.4 Å². The zero-order chi connectivity index (χ0) is 7.28. The van der Waals surface area contributed by atoms with Crippen molar-refractivity contribution >= 4 is 0 Å². The number of rotatable bonds is 3. The Bertz CT molecular complexity index is 114. The Hall–Kier alpha value is -0.720. The van der Waals surface area contributed by atoms with Crippen molar-refractivity contribution in [3.63, 3.8) is 0 Å². The van der Waals surface area contributed by atoms with Gasteiger partial charge in [0.15, 0.2) is 0 Å². The van der Waals surface area contributed by atoms with Crippen LogP contribution in [0.25, 0.3) is 0 Å². The lowest BCUT2D eigenvalue weighted by molar-refractivity contribution is 0.458. The molecule has 0 atom stereocenters. The summed E-state index contributed by atoms with van der Waals surface area (Å²) >= 11 is 0. The Labute approximate surface area is 57.7 Å². The highest BCUT2D eigenvalue weighted by molar-refractivity contribution is 5.11. The van der Waals surface area contributed by atoms with Gasteiger partial charge in [0.05, 0.1) is 0 Å². The summed E-state index contributed by atoms with van der Waals surface area (Å²) in [5, 5.41) is 0. The number of nitrogens with zero attached hydrogens (tertiary/aromatic N) is 1. The largest absolute Gasteiger partial charge is 0.375 e. The lowest BCUT2D eigenvalue weighted by Gasteiger charge is -2.15. The molecule has 1 heteroatoms. The topological polar surface area (TPSA) is 3.24 Å². The number of allylic oxidation sites excluding steroid dienone is 2. The zero-order valence-corrected chi connectivity index (χ0v) is 6.52. The third kappa shape index (κ3) is 2.96. The average Bonchev–Trinajstić information content (AvgIpc) is 1.87. The second-order valence-electron chi connectivity index (χ2n) is 2.01. The minimum atomic E-state index is 1.02. The number of hydrogen-bond acceptors (Lipinski definition) is 1. The molecule has 52 valence electrons. The molecule has 0 amide bonds. The van der Waals surface area contributed by atoms with Gasteiger partial charge in [-0.05, 0) is 19.9 Å². The summed E-state index contributed by atoms with van der Waals surface area (Å²) in [5.74, 6) is 0. The molecule has 0 unspecified atom stereocenters. The molecule has 0 rings (SSSR count). The van der Waals surface area contributed by atoms with Gasteiger partial charge in [0, 0.05) is 19.3 Å². The minimum Gasteiger partial charge on any atom is -0.375 e. The summed E-state index contributed by atoms with van der Waals surface area (Å²) in [7, 11) is 2.03. The summed E-state index contributed by atoms with van der Waals surface area (Å²) in [6, 6.07) is 0. The van der Waals surface area contributed by atoms with Crippen molar-refractivity contribution in [2.45, 2.75) is 13.8 Å². The average molecular weight is 125 g/mol. The fourth-order valence-corrected chi connectivity index (χ4v) is 0.523. The van der Waals surface area contributed by atoms with E-state index >= 15 is 0 Å². The van der Waals surface area contributed by atoms with Gasteiger partial charge in [0.25, 0.3) is 0 Å². The van der Waals surface area contributed by atoms with Gasteiger partial charge in [-0.25, -0.2) is 0 Å². The van der Waals surface area contributed by atoms with Crippen LogP contribution in [0.1, 0.15) is 13.8 Å². The molecular weight excluding hydrogens is 110 g/mol. The Balaban J connectivity index is 3.73. The third-order valence-corrected chi connectivity index (χ3v) is 1.32. The van der Waals surface area contributed by atoms with Gasteiger partial charge in [-0.1, -0.05) is 12.7 Å². The van der Waals surface area contributed by atoms with Gasteiger partial charge in [-0.15, -0.1) is 0 Å². The van der Waals surface area contributed by atoms with Gasteiger partial charge in [-0.3, -0.25) is 0 Å². The molecule has 0 aliphatic rings. The molecule has 0 saturated carbocycles. The molecular formula is C8H15N. The van der Waals surface area contributed by atoms with Crippen LogP contribution in [-0.2, 0) is 0 Å². The second kappa shape index (κ2) is 4.19. The van der Waals surface area contributed by atoms with E-state index in [1.165, 1.54) is 0 Å². The molecule has 0 radical (unpaired) electrons. The summed E-state index contributed by atoms with van der Waals surface area (Å²) in [4.78, 5) is 2.10. The lowest BCUT2D eigenvalue weighted by atomic mass is 10.4. The van der Waals surface area contributed by atoms with E-state index in [4.69, 9.17) is 0 Å². The van der Waals surface area contributed by atoms with Crippen molar-refractivity contribution in [3.8, 4) is 0 Å². The molecule has 0 aromatic heterocycles. The smallest absolute Gasteiger partial charge is 0.0287 e. The first-order valence-corrected chi connectivity index (χ1v) is 3.25. The van der Waals surface area contributed by atoms with Crippen molar-refractivity contribution in [2.24, 2.45) is 0 Å². The standard InChI is InChI=1S/C8H15N/c1-5-7-8(3)9(4)6-2/h5,7H,3,6H2,1-2,4H3/b7-5-. The van der Waals surface area contributed by atoms with Crippen LogP contribution in [0, 0.1) is 0 Å². The molecule has 0 N–H and O–H groups in total. The Morgan fingerprint density at radius 1 is 1.67 bits per heavy atom. The van der Waals surface area contributed by atoms with E-state index in [9.17, 15) is 0 Å². The summed E-state index contributed by atoms with van der Waals surface area (Å²) in [5.41, 5.74) is 1.07. The van der Waals surface area contributed by atoms with Crippen LogP contribution in [0.3, 0.4) is 0 Å². The molecule has 0 aliphatic carbocycles. The number of hydrogen-bond donors (Lipinski definition) is 0. The highest BCUT2D eigenvalue weighted by Crippen LogP contribution is 1.97. The van der Waals surface area contributed by atoms with Crippen LogP contribution >= 0.6 is 0 Å². The van der Waals surface area contributed by atoms with E-state index < -0.39 is 0 Å². The van der Waals surface area contributed by atoms with Gasteiger partial charge in [-0.2, -0.15) is 0 Å². The molecule has 0 saturated heterocycles. The van der Waals surface area contributed by atoms with E-state index in [0.29, 0.717) is 0 Å². The van der Waals surface area contributed by atoms with Gasteiger partial charge in [0.1, 0.15) is 0 Å². The Kier molecular flexibility index (Phi) is 3.85. The second-order valence-corrected chi connectivity index (χ2v) is 2.01. The summed E-state index contributed by atoms with van der Waals surface area (Å²) in [6.07, 6.45) is 4.00. The van der Waals surface area contributed by atoms with Crippen molar-refractivity contribution in [1.82, 2.24) is 4.90 Å². The zero-order valence-electron chi connectivity index (χ0n) is 6.52. The van der Waals surface area contributed by atoms with Crippen LogP contribution in [0.15, 0.2) is 24.4 Å². The Morgan fingerprint density at radius 2 is 2.22 bits per heavy atom. The summed E-state index contributed by atoms with van der Waals surface area (Å²) < 4.78 is 0. The van der Waals surface area contributed by atoms with Crippen LogP contribution < -0.4 is 0 Å². The molecule has 0 aromatic carbocycles. The monoisotopic (exact) mass is 125 g/mol. The SMILES string of the molecule is C=C(/C=C\C)N(C)CC. The molecule has 9 heavy (non-hydrogen) atoms. The molecule has 0 heterocycles. The molecule has 0 aromatic rings. The Morgan fingerprint density at radius 3 is 2.56 bits per heavy atom. The van der Waals surface area contributed by atoms with E-state index in [-0.39, 0.29) is 0 Å². The predicted octanol–water partition coefficient (Wildman–Crippen LogP) is 2.03. The first-order valence-electron chi connectivity index (χ1n) is 3.25. The van der Waals surface area contributed by atoms with Crippen molar-refractivity contribution in [3.05, 3.63) is 24.4 Å². The van der Waals surface area contributed by atoms with Crippen LogP contribution in [-0.4, -0.2) is 18.5 Å². The molecule has 0 fully saturated rings. The maximum absolute atomic E-state index is 3.85.